The van der Waals surface area contributed by atoms with Gasteiger partial charge in [-0.3, -0.25) is 9.09 Å². The maximum absolute atomic E-state index is 12.1. The molecule has 6 nitrogen and oxygen atoms in total. The van der Waals surface area contributed by atoms with Crippen molar-refractivity contribution in [2.24, 2.45) is 0 Å². The van der Waals surface area contributed by atoms with Crippen LogP contribution in [0.3, 0.4) is 0 Å². The van der Waals surface area contributed by atoms with Crippen molar-refractivity contribution in [3.63, 3.8) is 0 Å². The molecule has 0 fully saturated rings. The lowest BCUT2D eigenvalue weighted by Crippen LogP contribution is -2.16. The highest BCUT2D eigenvalue weighted by Crippen LogP contribution is 2.26. The predicted octanol–water partition coefficient (Wildman–Crippen LogP) is 3.88. The molecule has 7 heteroatoms. The highest BCUT2D eigenvalue weighted by Gasteiger charge is 2.16. The van der Waals surface area contributed by atoms with Gasteiger partial charge in [0, 0.05) is 10.9 Å². The van der Waals surface area contributed by atoms with E-state index in [1.807, 2.05) is 55.6 Å². The van der Waals surface area contributed by atoms with Crippen LogP contribution in [-0.2, 0) is 6.54 Å². The summed E-state index contributed by atoms with van der Waals surface area (Å²) < 4.78 is 12.0. The molecule has 0 bridgehead atoms. The van der Waals surface area contributed by atoms with Gasteiger partial charge >= 0.3 is 5.76 Å². The lowest BCUT2D eigenvalue weighted by atomic mass is 10.1. The van der Waals surface area contributed by atoms with Crippen LogP contribution in [0.4, 0.5) is 0 Å². The summed E-state index contributed by atoms with van der Waals surface area (Å²) in [4.78, 5) is 16.7. The first-order valence-electron chi connectivity index (χ1n) is 7.75. The Morgan fingerprint density at radius 3 is 2.76 bits per heavy atom. The molecule has 4 aromatic rings. The Labute approximate surface area is 147 Å². The molecular formula is C18H15N3O3S. The third-order valence-electron chi connectivity index (χ3n) is 3.90. The van der Waals surface area contributed by atoms with Gasteiger partial charge in [-0.05, 0) is 31.5 Å². The summed E-state index contributed by atoms with van der Waals surface area (Å²) in [6, 6.07) is 11.5. The highest BCUT2D eigenvalue weighted by atomic mass is 32.1. The van der Waals surface area contributed by atoms with Crippen LogP contribution in [0.25, 0.3) is 22.2 Å². The smallest absolute Gasteiger partial charge is 0.442 e. The fourth-order valence-electron chi connectivity index (χ4n) is 2.63. The van der Waals surface area contributed by atoms with Gasteiger partial charge < -0.3 is 4.42 Å². The van der Waals surface area contributed by atoms with E-state index in [0.717, 1.165) is 33.3 Å². The van der Waals surface area contributed by atoms with Gasteiger partial charge in [-0.1, -0.05) is 29.4 Å². The number of aromatic nitrogens is 3. The zero-order chi connectivity index (χ0) is 17.4. The number of hydrogen-bond acceptors (Lipinski definition) is 6. The van der Waals surface area contributed by atoms with Gasteiger partial charge in [0.25, 0.3) is 0 Å². The van der Waals surface area contributed by atoms with Gasteiger partial charge in [-0.15, -0.1) is 11.3 Å². The van der Waals surface area contributed by atoms with Crippen LogP contribution in [0.15, 0.2) is 55.5 Å². The topological polar surface area (TPSA) is 74.1 Å². The molecule has 0 aliphatic heterocycles. The molecule has 3 heterocycles. The van der Waals surface area contributed by atoms with Gasteiger partial charge in [-0.25, -0.2) is 9.78 Å². The number of thiazole rings is 1. The normalized spacial score (nSPS) is 11.1. The van der Waals surface area contributed by atoms with Crippen LogP contribution in [0.5, 0.6) is 0 Å². The second-order valence-electron chi connectivity index (χ2n) is 5.73. The number of benzene rings is 1. The second kappa shape index (κ2) is 6.18. The molecule has 0 saturated carbocycles. The predicted molar refractivity (Wildman–Crippen MR) is 94.6 cm³/mol. The van der Waals surface area contributed by atoms with E-state index in [2.05, 4.69) is 10.1 Å². The summed E-state index contributed by atoms with van der Waals surface area (Å²) in [5, 5.41) is 6.64. The van der Waals surface area contributed by atoms with Crippen molar-refractivity contribution in [3.8, 4) is 22.2 Å². The van der Waals surface area contributed by atoms with Crippen LogP contribution < -0.4 is 5.76 Å². The molecule has 4 rings (SSSR count). The Morgan fingerprint density at radius 2 is 2.00 bits per heavy atom. The number of aryl methyl sites for hydroxylation is 2. The Morgan fingerprint density at radius 1 is 1.16 bits per heavy atom. The summed E-state index contributed by atoms with van der Waals surface area (Å²) in [5.74, 6) is 1.57. The lowest BCUT2D eigenvalue weighted by Gasteiger charge is -2.05. The molecule has 0 aliphatic rings. The molecule has 3 aromatic heterocycles. The van der Waals surface area contributed by atoms with E-state index in [9.17, 15) is 4.79 Å². The summed E-state index contributed by atoms with van der Waals surface area (Å²) in [7, 11) is 0. The third-order valence-corrected chi connectivity index (χ3v) is 4.80. The van der Waals surface area contributed by atoms with Crippen molar-refractivity contribution in [2.45, 2.75) is 20.4 Å². The standard InChI is InChI=1S/C18H15N3O3S/c1-11-5-3-4-6-14(11)16-20-24-18(22)21(16)9-13-10-25-17(19-13)15-8-7-12(2)23-15/h3-8,10H,9H2,1-2H3. The fraction of sp³-hybridized carbons (Fsp3) is 0.167. The Bertz CT molecular complexity index is 1090. The van der Waals surface area contributed by atoms with E-state index in [1.165, 1.54) is 15.9 Å². The van der Waals surface area contributed by atoms with Gasteiger partial charge in [0.05, 0.1) is 12.2 Å². The molecular weight excluding hydrogens is 338 g/mol. The maximum atomic E-state index is 12.1. The SMILES string of the molecule is Cc1ccc(-c2nc(Cn3c(-c4ccccc4C)noc3=O)cs2)o1. The molecule has 0 radical (unpaired) electrons. The molecule has 0 atom stereocenters. The monoisotopic (exact) mass is 353 g/mol. The van der Waals surface area contributed by atoms with Crippen molar-refractivity contribution in [2.75, 3.05) is 0 Å². The van der Waals surface area contributed by atoms with Crippen LogP contribution in [0, 0.1) is 13.8 Å². The van der Waals surface area contributed by atoms with E-state index >= 15 is 0 Å². The minimum absolute atomic E-state index is 0.294. The minimum atomic E-state index is -0.498. The average molecular weight is 353 g/mol. The van der Waals surface area contributed by atoms with Crippen molar-refractivity contribution in [3.05, 3.63) is 69.3 Å². The van der Waals surface area contributed by atoms with E-state index in [1.54, 1.807) is 0 Å². The van der Waals surface area contributed by atoms with Crippen LogP contribution in [0.1, 0.15) is 17.0 Å². The number of nitrogens with zero attached hydrogens (tertiary/aromatic N) is 3. The number of rotatable bonds is 4. The largest absolute Gasteiger partial charge is 0.459 e. The first kappa shape index (κ1) is 15.6. The highest BCUT2D eigenvalue weighted by molar-refractivity contribution is 7.13. The number of hydrogen-bond donors (Lipinski definition) is 0. The van der Waals surface area contributed by atoms with Crippen LogP contribution in [-0.4, -0.2) is 14.7 Å². The molecule has 1 aromatic carbocycles. The van der Waals surface area contributed by atoms with E-state index in [-0.39, 0.29) is 0 Å². The van der Waals surface area contributed by atoms with Gasteiger partial charge in [0.1, 0.15) is 5.76 Å². The molecule has 126 valence electrons. The maximum Gasteiger partial charge on any atom is 0.442 e. The summed E-state index contributed by atoms with van der Waals surface area (Å²) in [5.41, 5.74) is 2.65. The van der Waals surface area contributed by atoms with E-state index in [4.69, 9.17) is 8.94 Å². The molecule has 0 amide bonds. The van der Waals surface area contributed by atoms with Crippen molar-refractivity contribution in [1.29, 1.82) is 0 Å². The Balaban J connectivity index is 1.68. The third kappa shape index (κ3) is 2.94. The first-order valence-corrected chi connectivity index (χ1v) is 8.63. The summed E-state index contributed by atoms with van der Waals surface area (Å²) in [6.45, 7) is 4.16. The van der Waals surface area contributed by atoms with Crippen molar-refractivity contribution >= 4 is 11.3 Å². The summed E-state index contributed by atoms with van der Waals surface area (Å²) in [6.07, 6.45) is 0. The zero-order valence-corrected chi connectivity index (χ0v) is 14.5. The van der Waals surface area contributed by atoms with Crippen molar-refractivity contribution < 1.29 is 8.94 Å². The molecule has 0 N–H and O–H groups in total. The fourth-order valence-corrected chi connectivity index (χ4v) is 3.40. The first-order chi connectivity index (χ1) is 12.1. The molecule has 0 aliphatic carbocycles. The molecule has 0 unspecified atom stereocenters. The molecule has 0 spiro atoms. The Hall–Kier alpha value is -2.93. The van der Waals surface area contributed by atoms with E-state index in [0.29, 0.717) is 12.4 Å². The second-order valence-corrected chi connectivity index (χ2v) is 6.59. The molecule has 0 saturated heterocycles. The quantitative estimate of drug-likeness (QED) is 0.556. The lowest BCUT2D eigenvalue weighted by molar-refractivity contribution is 0.378. The Kier molecular flexibility index (Phi) is 3.85. The summed E-state index contributed by atoms with van der Waals surface area (Å²) >= 11 is 1.48. The zero-order valence-electron chi connectivity index (χ0n) is 13.7. The minimum Gasteiger partial charge on any atom is -0.459 e. The van der Waals surface area contributed by atoms with Crippen LogP contribution in [0.2, 0.25) is 0 Å². The van der Waals surface area contributed by atoms with Gasteiger partial charge in [0.15, 0.2) is 16.6 Å². The molecule has 25 heavy (non-hydrogen) atoms. The van der Waals surface area contributed by atoms with Gasteiger partial charge in [-0.2, -0.15) is 0 Å². The van der Waals surface area contributed by atoms with E-state index < -0.39 is 5.76 Å². The number of furan rings is 1. The van der Waals surface area contributed by atoms with Crippen molar-refractivity contribution in [1.82, 2.24) is 14.7 Å². The van der Waals surface area contributed by atoms with Crippen LogP contribution >= 0.6 is 11.3 Å². The average Bonchev–Trinajstić information content (AvgIpc) is 3.31. The van der Waals surface area contributed by atoms with Gasteiger partial charge in [0.2, 0.25) is 0 Å².